The third-order valence-electron chi connectivity index (χ3n) is 2.62. The molecular formula is C12H9Cl2N3. The standard InChI is InChI=1S/C12H9Cl2N3/c1-7-16-11(6-15)12(17(7)2)8-3-4-9(13)10(14)5-8/h3-5H,1-2H3. The monoisotopic (exact) mass is 265 g/mol. The molecule has 86 valence electrons. The smallest absolute Gasteiger partial charge is 0.166 e. The first-order valence-electron chi connectivity index (χ1n) is 4.93. The fraction of sp³-hybridized carbons (Fsp3) is 0.167. The fourth-order valence-electron chi connectivity index (χ4n) is 1.66. The number of nitrogens with zero attached hydrogens (tertiary/aromatic N) is 3. The van der Waals surface area contributed by atoms with Crippen LogP contribution in [-0.2, 0) is 7.05 Å². The van der Waals surface area contributed by atoms with E-state index in [-0.39, 0.29) is 0 Å². The van der Waals surface area contributed by atoms with E-state index in [9.17, 15) is 0 Å². The number of nitriles is 1. The highest BCUT2D eigenvalue weighted by atomic mass is 35.5. The van der Waals surface area contributed by atoms with Crippen LogP contribution in [-0.4, -0.2) is 9.55 Å². The first-order chi connectivity index (χ1) is 8.04. The summed E-state index contributed by atoms with van der Waals surface area (Å²) < 4.78 is 1.86. The van der Waals surface area contributed by atoms with Crippen LogP contribution in [0, 0.1) is 18.3 Å². The molecule has 3 nitrogen and oxygen atoms in total. The van der Waals surface area contributed by atoms with Crippen molar-refractivity contribution in [2.24, 2.45) is 7.05 Å². The fourth-order valence-corrected chi connectivity index (χ4v) is 1.96. The molecule has 0 aliphatic heterocycles. The van der Waals surface area contributed by atoms with Crippen molar-refractivity contribution < 1.29 is 0 Å². The van der Waals surface area contributed by atoms with E-state index in [4.69, 9.17) is 28.5 Å². The SMILES string of the molecule is Cc1nc(C#N)c(-c2ccc(Cl)c(Cl)c2)n1C. The van der Waals surface area contributed by atoms with Crippen LogP contribution in [0.5, 0.6) is 0 Å². The van der Waals surface area contributed by atoms with Crippen molar-refractivity contribution in [2.75, 3.05) is 0 Å². The van der Waals surface area contributed by atoms with Gasteiger partial charge in [-0.25, -0.2) is 4.98 Å². The van der Waals surface area contributed by atoms with E-state index in [1.54, 1.807) is 12.1 Å². The Morgan fingerprint density at radius 2 is 2.00 bits per heavy atom. The molecule has 0 fully saturated rings. The summed E-state index contributed by atoms with van der Waals surface area (Å²) in [5.74, 6) is 0.780. The topological polar surface area (TPSA) is 41.6 Å². The number of imidazole rings is 1. The highest BCUT2D eigenvalue weighted by molar-refractivity contribution is 6.42. The van der Waals surface area contributed by atoms with Gasteiger partial charge < -0.3 is 4.57 Å². The first-order valence-corrected chi connectivity index (χ1v) is 5.69. The molecule has 0 aliphatic rings. The van der Waals surface area contributed by atoms with Crippen LogP contribution in [0.25, 0.3) is 11.3 Å². The molecule has 0 amide bonds. The third kappa shape index (κ3) is 2.02. The van der Waals surface area contributed by atoms with Crippen molar-refractivity contribution >= 4 is 23.2 Å². The average molecular weight is 266 g/mol. The number of hydrogen-bond acceptors (Lipinski definition) is 2. The molecule has 0 atom stereocenters. The second kappa shape index (κ2) is 4.40. The molecule has 0 N–H and O–H groups in total. The summed E-state index contributed by atoms with van der Waals surface area (Å²) in [4.78, 5) is 4.18. The maximum atomic E-state index is 9.06. The summed E-state index contributed by atoms with van der Waals surface area (Å²) in [7, 11) is 1.86. The summed E-state index contributed by atoms with van der Waals surface area (Å²) in [6, 6.07) is 7.35. The Bertz CT molecular complexity index is 623. The lowest BCUT2D eigenvalue weighted by molar-refractivity contribution is 0.865. The van der Waals surface area contributed by atoms with Crippen molar-refractivity contribution in [2.45, 2.75) is 6.92 Å². The third-order valence-corrected chi connectivity index (χ3v) is 3.36. The highest BCUT2D eigenvalue weighted by Gasteiger charge is 2.14. The summed E-state index contributed by atoms with van der Waals surface area (Å²) in [6.45, 7) is 1.85. The lowest BCUT2D eigenvalue weighted by Gasteiger charge is -2.05. The summed E-state index contributed by atoms with van der Waals surface area (Å²) in [5.41, 5.74) is 1.98. The van der Waals surface area contributed by atoms with Gasteiger partial charge in [-0.2, -0.15) is 5.26 Å². The van der Waals surface area contributed by atoms with Gasteiger partial charge in [0.2, 0.25) is 0 Å². The molecule has 0 unspecified atom stereocenters. The molecule has 2 rings (SSSR count). The van der Waals surface area contributed by atoms with Crippen LogP contribution < -0.4 is 0 Å². The quantitative estimate of drug-likeness (QED) is 0.791. The van der Waals surface area contributed by atoms with Crippen molar-refractivity contribution in [1.82, 2.24) is 9.55 Å². The van der Waals surface area contributed by atoms with Crippen molar-refractivity contribution in [3.8, 4) is 17.3 Å². The van der Waals surface area contributed by atoms with Gasteiger partial charge in [0.05, 0.1) is 15.7 Å². The van der Waals surface area contributed by atoms with E-state index in [0.29, 0.717) is 15.7 Å². The molecule has 17 heavy (non-hydrogen) atoms. The predicted molar refractivity (Wildman–Crippen MR) is 68.1 cm³/mol. The van der Waals surface area contributed by atoms with Gasteiger partial charge >= 0.3 is 0 Å². The van der Waals surface area contributed by atoms with E-state index in [0.717, 1.165) is 17.1 Å². The van der Waals surface area contributed by atoms with Gasteiger partial charge in [0.1, 0.15) is 11.9 Å². The molecule has 0 spiro atoms. The Kier molecular flexibility index (Phi) is 3.10. The van der Waals surface area contributed by atoms with Gasteiger partial charge in [0.15, 0.2) is 5.69 Å². The summed E-state index contributed by atoms with van der Waals surface area (Å²) in [5, 5.41) is 10.0. The molecule has 0 radical (unpaired) electrons. The van der Waals surface area contributed by atoms with Gasteiger partial charge in [-0.15, -0.1) is 0 Å². The largest absolute Gasteiger partial charge is 0.330 e. The Labute approximate surface area is 109 Å². The number of benzene rings is 1. The van der Waals surface area contributed by atoms with Gasteiger partial charge in [0.25, 0.3) is 0 Å². The Hall–Kier alpha value is -1.50. The zero-order valence-electron chi connectivity index (χ0n) is 9.33. The van der Waals surface area contributed by atoms with E-state index >= 15 is 0 Å². The molecule has 0 saturated heterocycles. The van der Waals surface area contributed by atoms with Gasteiger partial charge in [-0.05, 0) is 19.1 Å². The van der Waals surface area contributed by atoms with E-state index in [1.807, 2.05) is 24.6 Å². The van der Waals surface area contributed by atoms with Gasteiger partial charge in [0, 0.05) is 12.6 Å². The van der Waals surface area contributed by atoms with E-state index in [1.165, 1.54) is 0 Å². The molecular weight excluding hydrogens is 257 g/mol. The number of aromatic nitrogens is 2. The van der Waals surface area contributed by atoms with Crippen LogP contribution in [0.1, 0.15) is 11.5 Å². The molecule has 0 aliphatic carbocycles. The van der Waals surface area contributed by atoms with Crippen molar-refractivity contribution in [1.29, 1.82) is 5.26 Å². The Morgan fingerprint density at radius 1 is 1.29 bits per heavy atom. The zero-order valence-corrected chi connectivity index (χ0v) is 10.8. The first kappa shape index (κ1) is 12.0. The van der Waals surface area contributed by atoms with Gasteiger partial charge in [-0.3, -0.25) is 0 Å². The Balaban J connectivity index is 2.68. The minimum absolute atomic E-state index is 0.392. The number of aryl methyl sites for hydroxylation is 1. The van der Waals surface area contributed by atoms with E-state index in [2.05, 4.69) is 11.1 Å². The maximum absolute atomic E-state index is 9.06. The molecule has 1 aromatic heterocycles. The molecule has 2 aromatic rings. The lowest BCUT2D eigenvalue weighted by Crippen LogP contribution is -1.95. The average Bonchev–Trinajstić information content (AvgIpc) is 2.59. The minimum Gasteiger partial charge on any atom is -0.330 e. The van der Waals surface area contributed by atoms with Crippen molar-refractivity contribution in [3.63, 3.8) is 0 Å². The zero-order chi connectivity index (χ0) is 12.6. The maximum Gasteiger partial charge on any atom is 0.166 e. The number of hydrogen-bond donors (Lipinski definition) is 0. The second-order valence-corrected chi connectivity index (χ2v) is 4.47. The van der Waals surface area contributed by atoms with Crippen LogP contribution in [0.3, 0.4) is 0 Å². The normalized spacial score (nSPS) is 10.3. The minimum atomic E-state index is 0.392. The van der Waals surface area contributed by atoms with Crippen LogP contribution >= 0.6 is 23.2 Å². The lowest BCUT2D eigenvalue weighted by atomic mass is 10.1. The molecule has 1 aromatic carbocycles. The van der Waals surface area contributed by atoms with Crippen LogP contribution in [0.4, 0.5) is 0 Å². The summed E-state index contributed by atoms with van der Waals surface area (Å²) >= 11 is 11.8. The Morgan fingerprint density at radius 3 is 2.59 bits per heavy atom. The highest BCUT2D eigenvalue weighted by Crippen LogP contribution is 2.30. The molecule has 0 bridgehead atoms. The van der Waals surface area contributed by atoms with Crippen LogP contribution in [0.2, 0.25) is 10.0 Å². The van der Waals surface area contributed by atoms with Gasteiger partial charge in [-0.1, -0.05) is 29.3 Å². The van der Waals surface area contributed by atoms with Crippen LogP contribution in [0.15, 0.2) is 18.2 Å². The molecule has 5 heteroatoms. The number of halogens is 2. The predicted octanol–water partition coefficient (Wildman–Crippen LogP) is 3.57. The molecule has 1 heterocycles. The number of rotatable bonds is 1. The molecule has 0 saturated carbocycles. The van der Waals surface area contributed by atoms with Crippen molar-refractivity contribution in [3.05, 3.63) is 39.8 Å². The summed E-state index contributed by atoms with van der Waals surface area (Å²) in [6.07, 6.45) is 0. The second-order valence-electron chi connectivity index (χ2n) is 3.66. The van der Waals surface area contributed by atoms with E-state index < -0.39 is 0 Å².